The van der Waals surface area contributed by atoms with Crippen molar-refractivity contribution in [2.45, 2.75) is 57.9 Å². The van der Waals surface area contributed by atoms with Crippen molar-refractivity contribution in [1.29, 1.82) is 0 Å². The lowest BCUT2D eigenvalue weighted by Crippen LogP contribution is -2.46. The van der Waals surface area contributed by atoms with Gasteiger partial charge in [-0.15, -0.1) is 0 Å². The zero-order valence-electron chi connectivity index (χ0n) is 12.9. The summed E-state index contributed by atoms with van der Waals surface area (Å²) < 4.78 is 0. The summed E-state index contributed by atoms with van der Waals surface area (Å²) in [4.78, 5) is 5.27. The van der Waals surface area contributed by atoms with Crippen molar-refractivity contribution in [3.63, 3.8) is 0 Å². The van der Waals surface area contributed by atoms with Crippen molar-refractivity contribution in [1.82, 2.24) is 15.1 Å². The van der Waals surface area contributed by atoms with Crippen LogP contribution < -0.4 is 5.32 Å². The van der Waals surface area contributed by atoms with E-state index in [0.717, 1.165) is 6.04 Å². The molecular weight excluding hydrogens is 234 g/mol. The van der Waals surface area contributed by atoms with E-state index < -0.39 is 0 Å². The number of hydrogen-bond acceptors (Lipinski definition) is 3. The summed E-state index contributed by atoms with van der Waals surface area (Å²) in [5.41, 5.74) is 0. The molecule has 1 aliphatic carbocycles. The quantitative estimate of drug-likeness (QED) is 0.613. The van der Waals surface area contributed by atoms with E-state index in [0.29, 0.717) is 0 Å². The lowest BCUT2D eigenvalue weighted by molar-refractivity contribution is 0.131. The smallest absolute Gasteiger partial charge is 0.0110 e. The molecular formula is C16H33N3. The highest BCUT2D eigenvalue weighted by Gasteiger charge is 2.19. The van der Waals surface area contributed by atoms with Crippen LogP contribution >= 0.6 is 0 Å². The number of nitrogens with zero attached hydrogens (tertiary/aromatic N) is 2. The van der Waals surface area contributed by atoms with E-state index >= 15 is 0 Å². The van der Waals surface area contributed by atoms with Crippen LogP contribution in [0.4, 0.5) is 0 Å². The SMILES string of the molecule is CCCN1CCN(CCCCCCNC2CC2)CC1. The highest BCUT2D eigenvalue weighted by atomic mass is 15.3. The fourth-order valence-electron chi connectivity index (χ4n) is 2.96. The Bertz CT molecular complexity index is 220. The third kappa shape index (κ3) is 6.73. The van der Waals surface area contributed by atoms with Gasteiger partial charge in [-0.05, 0) is 51.7 Å². The largest absolute Gasteiger partial charge is 0.314 e. The molecule has 1 saturated heterocycles. The second-order valence-corrected chi connectivity index (χ2v) is 6.33. The van der Waals surface area contributed by atoms with E-state index in [-0.39, 0.29) is 0 Å². The first kappa shape index (κ1) is 15.3. The molecule has 0 unspecified atom stereocenters. The minimum atomic E-state index is 0.888. The Morgan fingerprint density at radius 1 is 0.842 bits per heavy atom. The van der Waals surface area contributed by atoms with Gasteiger partial charge in [0.05, 0.1) is 0 Å². The summed E-state index contributed by atoms with van der Waals surface area (Å²) in [5.74, 6) is 0. The Hall–Kier alpha value is -0.120. The number of rotatable bonds is 10. The molecule has 0 aromatic heterocycles. The molecule has 0 aromatic carbocycles. The van der Waals surface area contributed by atoms with E-state index in [2.05, 4.69) is 22.0 Å². The lowest BCUT2D eigenvalue weighted by atomic mass is 10.1. The van der Waals surface area contributed by atoms with Gasteiger partial charge in [-0.2, -0.15) is 0 Å². The molecule has 0 radical (unpaired) electrons. The topological polar surface area (TPSA) is 18.5 Å². The third-order valence-corrected chi connectivity index (χ3v) is 4.42. The Morgan fingerprint density at radius 3 is 2.11 bits per heavy atom. The van der Waals surface area contributed by atoms with Gasteiger partial charge in [-0.1, -0.05) is 19.8 Å². The fourth-order valence-corrected chi connectivity index (χ4v) is 2.96. The first-order valence-electron chi connectivity index (χ1n) is 8.56. The Kier molecular flexibility index (Phi) is 7.18. The normalized spacial score (nSPS) is 21.9. The van der Waals surface area contributed by atoms with Crippen molar-refractivity contribution >= 4 is 0 Å². The summed E-state index contributed by atoms with van der Waals surface area (Å²) in [7, 11) is 0. The van der Waals surface area contributed by atoms with Gasteiger partial charge in [-0.25, -0.2) is 0 Å². The number of nitrogens with one attached hydrogen (secondary N) is 1. The third-order valence-electron chi connectivity index (χ3n) is 4.42. The standard InChI is InChI=1S/C16H33N3/c1-2-10-18-12-14-19(15-13-18)11-6-4-3-5-9-17-16-7-8-16/h16-17H,2-15H2,1H3. The predicted octanol–water partition coefficient (Wildman–Crippen LogP) is 2.33. The van der Waals surface area contributed by atoms with E-state index in [4.69, 9.17) is 0 Å². The molecule has 1 heterocycles. The van der Waals surface area contributed by atoms with Crippen molar-refractivity contribution < 1.29 is 0 Å². The number of hydrogen-bond donors (Lipinski definition) is 1. The number of piperazine rings is 1. The molecule has 112 valence electrons. The Balaban J connectivity index is 1.37. The van der Waals surface area contributed by atoms with Gasteiger partial charge in [0.1, 0.15) is 0 Å². The van der Waals surface area contributed by atoms with Crippen LogP contribution in [-0.2, 0) is 0 Å². The summed E-state index contributed by atoms with van der Waals surface area (Å²) in [6.45, 7) is 11.3. The van der Waals surface area contributed by atoms with Crippen LogP contribution in [0.25, 0.3) is 0 Å². The molecule has 1 saturated carbocycles. The monoisotopic (exact) mass is 267 g/mol. The zero-order chi connectivity index (χ0) is 13.3. The first-order chi connectivity index (χ1) is 9.38. The highest BCUT2D eigenvalue weighted by molar-refractivity contribution is 4.80. The van der Waals surface area contributed by atoms with Gasteiger partial charge < -0.3 is 15.1 Å². The van der Waals surface area contributed by atoms with Crippen LogP contribution in [0.1, 0.15) is 51.9 Å². The van der Waals surface area contributed by atoms with Crippen LogP contribution in [0, 0.1) is 0 Å². The van der Waals surface area contributed by atoms with Crippen LogP contribution in [-0.4, -0.2) is 61.7 Å². The minimum absolute atomic E-state index is 0.888. The molecule has 19 heavy (non-hydrogen) atoms. The van der Waals surface area contributed by atoms with Gasteiger partial charge in [-0.3, -0.25) is 0 Å². The molecule has 1 N–H and O–H groups in total. The van der Waals surface area contributed by atoms with Gasteiger partial charge in [0, 0.05) is 32.2 Å². The molecule has 2 rings (SSSR count). The summed E-state index contributed by atoms with van der Waals surface area (Å²) in [5, 5.41) is 3.60. The molecule has 0 amide bonds. The van der Waals surface area contributed by atoms with Crippen LogP contribution in [0.15, 0.2) is 0 Å². The van der Waals surface area contributed by atoms with Gasteiger partial charge >= 0.3 is 0 Å². The Morgan fingerprint density at radius 2 is 1.47 bits per heavy atom. The summed E-state index contributed by atoms with van der Waals surface area (Å²) >= 11 is 0. The minimum Gasteiger partial charge on any atom is -0.314 e. The second kappa shape index (κ2) is 8.93. The molecule has 2 aliphatic rings. The van der Waals surface area contributed by atoms with E-state index in [1.54, 1.807) is 0 Å². The van der Waals surface area contributed by atoms with Crippen molar-refractivity contribution in [3.05, 3.63) is 0 Å². The fraction of sp³-hybridized carbons (Fsp3) is 1.00. The van der Waals surface area contributed by atoms with Crippen LogP contribution in [0.3, 0.4) is 0 Å². The van der Waals surface area contributed by atoms with Gasteiger partial charge in [0.25, 0.3) is 0 Å². The number of unbranched alkanes of at least 4 members (excludes halogenated alkanes) is 3. The highest BCUT2D eigenvalue weighted by Crippen LogP contribution is 2.18. The summed E-state index contributed by atoms with van der Waals surface area (Å²) in [6, 6.07) is 0.888. The van der Waals surface area contributed by atoms with Crippen LogP contribution in [0.5, 0.6) is 0 Å². The molecule has 3 nitrogen and oxygen atoms in total. The van der Waals surface area contributed by atoms with Crippen molar-refractivity contribution in [3.8, 4) is 0 Å². The van der Waals surface area contributed by atoms with Gasteiger partial charge in [0.15, 0.2) is 0 Å². The molecule has 2 fully saturated rings. The molecule has 0 spiro atoms. The zero-order valence-corrected chi connectivity index (χ0v) is 12.9. The molecule has 0 aromatic rings. The first-order valence-corrected chi connectivity index (χ1v) is 8.56. The van der Waals surface area contributed by atoms with Crippen molar-refractivity contribution in [2.75, 3.05) is 45.8 Å². The maximum absolute atomic E-state index is 3.60. The summed E-state index contributed by atoms with van der Waals surface area (Å²) in [6.07, 6.45) is 9.75. The average molecular weight is 267 g/mol. The molecule has 3 heteroatoms. The predicted molar refractivity (Wildman–Crippen MR) is 82.7 cm³/mol. The average Bonchev–Trinajstić information content (AvgIpc) is 3.24. The second-order valence-electron chi connectivity index (χ2n) is 6.33. The maximum atomic E-state index is 3.60. The van der Waals surface area contributed by atoms with E-state index in [1.165, 1.54) is 90.8 Å². The van der Waals surface area contributed by atoms with E-state index in [1.807, 2.05) is 0 Å². The maximum Gasteiger partial charge on any atom is 0.0110 e. The van der Waals surface area contributed by atoms with Gasteiger partial charge in [0.2, 0.25) is 0 Å². The molecule has 1 aliphatic heterocycles. The Labute approximate surface area is 119 Å². The van der Waals surface area contributed by atoms with Crippen LogP contribution in [0.2, 0.25) is 0 Å². The van der Waals surface area contributed by atoms with E-state index in [9.17, 15) is 0 Å². The molecule has 0 atom stereocenters. The lowest BCUT2D eigenvalue weighted by Gasteiger charge is -2.34. The van der Waals surface area contributed by atoms with Crippen molar-refractivity contribution in [2.24, 2.45) is 0 Å². The molecule has 0 bridgehead atoms.